The number of benzene rings is 3. The van der Waals surface area contributed by atoms with E-state index in [4.69, 9.17) is 4.74 Å². The fourth-order valence-corrected chi connectivity index (χ4v) is 5.20. The van der Waals surface area contributed by atoms with Crippen molar-refractivity contribution in [3.05, 3.63) is 94.6 Å². The molecule has 2 aliphatic heterocycles. The number of hydrogen-bond donors (Lipinski definition) is 0. The minimum absolute atomic E-state index is 0.0819. The summed E-state index contributed by atoms with van der Waals surface area (Å²) in [7, 11) is 1.58. The first-order valence-electron chi connectivity index (χ1n) is 11.4. The Morgan fingerprint density at radius 2 is 1.57 bits per heavy atom. The van der Waals surface area contributed by atoms with E-state index in [1.165, 1.54) is 12.1 Å². The van der Waals surface area contributed by atoms with Crippen molar-refractivity contribution < 1.29 is 27.1 Å². The summed E-state index contributed by atoms with van der Waals surface area (Å²) in [5.74, 6) is -3.51. The summed E-state index contributed by atoms with van der Waals surface area (Å²) in [5.41, 5.74) is 2.17. The third kappa shape index (κ3) is 4.27. The van der Waals surface area contributed by atoms with Gasteiger partial charge in [0.05, 0.1) is 7.11 Å². The minimum atomic E-state index is -1.06. The second-order valence-corrected chi connectivity index (χ2v) is 9.21. The second-order valence-electron chi connectivity index (χ2n) is 9.21. The maximum absolute atomic E-state index is 13.8. The molecular formula is C27H24F4N2O2. The lowest BCUT2D eigenvalue weighted by molar-refractivity contribution is 0.0975. The van der Waals surface area contributed by atoms with Crippen LogP contribution in [0.1, 0.15) is 34.3 Å². The molecule has 1 amide bonds. The van der Waals surface area contributed by atoms with Gasteiger partial charge in [0.15, 0.2) is 23.3 Å². The van der Waals surface area contributed by atoms with Crippen molar-refractivity contribution in [3.8, 4) is 5.75 Å². The molecule has 2 aliphatic rings. The van der Waals surface area contributed by atoms with Gasteiger partial charge in [-0.15, -0.1) is 0 Å². The number of nitrogens with zero attached hydrogens (tertiary/aromatic N) is 2. The molecule has 5 rings (SSSR count). The van der Waals surface area contributed by atoms with E-state index in [2.05, 4.69) is 4.90 Å². The van der Waals surface area contributed by atoms with Crippen LogP contribution in [-0.2, 0) is 12.0 Å². The highest BCUT2D eigenvalue weighted by Crippen LogP contribution is 2.48. The van der Waals surface area contributed by atoms with Crippen molar-refractivity contribution in [2.75, 3.05) is 31.6 Å². The Morgan fingerprint density at radius 1 is 0.886 bits per heavy atom. The summed E-state index contributed by atoms with van der Waals surface area (Å²) in [6.45, 7) is 2.30. The van der Waals surface area contributed by atoms with Crippen LogP contribution in [0.3, 0.4) is 0 Å². The first-order valence-corrected chi connectivity index (χ1v) is 11.4. The molecular weight excluding hydrogens is 460 g/mol. The molecule has 4 nitrogen and oxygen atoms in total. The van der Waals surface area contributed by atoms with E-state index in [1.54, 1.807) is 24.1 Å². The van der Waals surface area contributed by atoms with Gasteiger partial charge in [0.25, 0.3) is 5.91 Å². The average Bonchev–Trinajstić information content (AvgIpc) is 3.17. The molecule has 3 aromatic carbocycles. The van der Waals surface area contributed by atoms with Crippen LogP contribution in [0.15, 0.2) is 54.6 Å². The minimum Gasteiger partial charge on any atom is -0.497 e. The molecule has 0 unspecified atom stereocenters. The van der Waals surface area contributed by atoms with Crippen LogP contribution >= 0.6 is 0 Å². The van der Waals surface area contributed by atoms with Crippen LogP contribution in [-0.4, -0.2) is 37.6 Å². The molecule has 1 saturated heterocycles. The highest BCUT2D eigenvalue weighted by Gasteiger charge is 2.46. The van der Waals surface area contributed by atoms with Crippen LogP contribution in [0.4, 0.5) is 23.2 Å². The Balaban J connectivity index is 1.40. The first kappa shape index (κ1) is 23.4. The van der Waals surface area contributed by atoms with Gasteiger partial charge in [-0.2, -0.15) is 0 Å². The number of methoxy groups -OCH3 is 1. The molecule has 182 valence electrons. The van der Waals surface area contributed by atoms with Crippen molar-refractivity contribution in [1.82, 2.24) is 4.90 Å². The fourth-order valence-electron chi connectivity index (χ4n) is 5.20. The summed E-state index contributed by atoms with van der Waals surface area (Å²) in [4.78, 5) is 17.2. The zero-order chi connectivity index (χ0) is 24.7. The van der Waals surface area contributed by atoms with E-state index in [-0.39, 0.29) is 11.0 Å². The molecule has 0 bridgehead atoms. The average molecular weight is 484 g/mol. The van der Waals surface area contributed by atoms with Gasteiger partial charge in [0.2, 0.25) is 0 Å². The molecule has 0 aliphatic carbocycles. The first-order chi connectivity index (χ1) is 16.8. The molecule has 1 spiro atoms. The lowest BCUT2D eigenvalue weighted by atomic mass is 9.74. The van der Waals surface area contributed by atoms with E-state index in [1.807, 2.05) is 12.1 Å². The summed E-state index contributed by atoms with van der Waals surface area (Å²) in [5, 5.41) is 0. The molecule has 0 saturated carbocycles. The Kier molecular flexibility index (Phi) is 6.01. The van der Waals surface area contributed by atoms with E-state index in [0.29, 0.717) is 37.5 Å². The predicted molar refractivity (Wildman–Crippen MR) is 124 cm³/mol. The molecule has 0 N–H and O–H groups in total. The quantitative estimate of drug-likeness (QED) is 0.462. The number of carbonyl (C=O) groups excluding carboxylic acids is 1. The van der Waals surface area contributed by atoms with E-state index >= 15 is 0 Å². The van der Waals surface area contributed by atoms with Crippen LogP contribution in [0.2, 0.25) is 0 Å². The van der Waals surface area contributed by atoms with Crippen molar-refractivity contribution in [2.24, 2.45) is 0 Å². The molecule has 35 heavy (non-hydrogen) atoms. The monoisotopic (exact) mass is 484 g/mol. The number of piperidine rings is 1. The summed E-state index contributed by atoms with van der Waals surface area (Å²) in [6.07, 6.45) is 1.47. The van der Waals surface area contributed by atoms with Crippen molar-refractivity contribution in [3.63, 3.8) is 0 Å². The Hall–Kier alpha value is -3.39. The number of anilines is 1. The number of halogens is 4. The zero-order valence-corrected chi connectivity index (χ0v) is 19.2. The van der Waals surface area contributed by atoms with Crippen molar-refractivity contribution >= 4 is 11.6 Å². The summed E-state index contributed by atoms with van der Waals surface area (Å²) < 4.78 is 59.6. The van der Waals surface area contributed by atoms with E-state index in [0.717, 1.165) is 42.3 Å². The number of hydrogen-bond acceptors (Lipinski definition) is 3. The maximum atomic E-state index is 13.8. The van der Waals surface area contributed by atoms with Crippen molar-refractivity contribution in [2.45, 2.75) is 24.8 Å². The van der Waals surface area contributed by atoms with E-state index < -0.39 is 29.2 Å². The Bertz CT molecular complexity index is 1290. The van der Waals surface area contributed by atoms with E-state index in [9.17, 15) is 22.4 Å². The van der Waals surface area contributed by atoms with Crippen LogP contribution < -0.4 is 9.64 Å². The second kappa shape index (κ2) is 9.00. The highest BCUT2D eigenvalue weighted by atomic mass is 19.2. The molecule has 1 fully saturated rings. The third-order valence-electron chi connectivity index (χ3n) is 7.14. The number of fused-ring (bicyclic) bond motifs is 2. The number of carbonyl (C=O) groups is 1. The van der Waals surface area contributed by atoms with Gasteiger partial charge in [-0.1, -0.05) is 6.07 Å². The normalized spacial score (nSPS) is 17.0. The standard InChI is InChI=1S/C27H24F4N2O2/c1-35-19-4-7-25-20(14-19)27(16-33(25)26(34)18-3-6-22(29)24(31)13-18)8-10-32(11-9-27)15-17-2-5-21(28)23(30)12-17/h2-7,12-14H,8-11,15-16H2,1H3. The topological polar surface area (TPSA) is 32.8 Å². The number of amides is 1. The Morgan fingerprint density at radius 3 is 2.23 bits per heavy atom. The van der Waals surface area contributed by atoms with Crippen LogP contribution in [0, 0.1) is 23.3 Å². The van der Waals surface area contributed by atoms with Gasteiger partial charge < -0.3 is 9.64 Å². The van der Waals surface area contributed by atoms with Gasteiger partial charge >= 0.3 is 0 Å². The van der Waals surface area contributed by atoms with Gasteiger partial charge in [-0.3, -0.25) is 9.69 Å². The SMILES string of the molecule is COc1ccc2c(c1)C1(CCN(Cc3ccc(F)c(F)c3)CC1)CN2C(=O)c1ccc(F)c(F)c1. The number of rotatable bonds is 4. The lowest BCUT2D eigenvalue weighted by Gasteiger charge is -2.40. The number of ether oxygens (including phenoxy) is 1. The van der Waals surface area contributed by atoms with Gasteiger partial charge in [0.1, 0.15) is 5.75 Å². The van der Waals surface area contributed by atoms with Gasteiger partial charge in [-0.25, -0.2) is 17.6 Å². The smallest absolute Gasteiger partial charge is 0.258 e. The van der Waals surface area contributed by atoms with Crippen molar-refractivity contribution in [1.29, 1.82) is 0 Å². The van der Waals surface area contributed by atoms with Crippen LogP contribution in [0.5, 0.6) is 5.75 Å². The Labute approximate surface area is 200 Å². The molecule has 2 heterocycles. The number of likely N-dealkylation sites (tertiary alicyclic amines) is 1. The van der Waals surface area contributed by atoms with Gasteiger partial charge in [0, 0.05) is 29.8 Å². The maximum Gasteiger partial charge on any atom is 0.258 e. The summed E-state index contributed by atoms with van der Waals surface area (Å²) >= 11 is 0. The third-order valence-corrected chi connectivity index (χ3v) is 7.14. The van der Waals surface area contributed by atoms with Crippen LogP contribution in [0.25, 0.3) is 0 Å². The largest absolute Gasteiger partial charge is 0.497 e. The predicted octanol–water partition coefficient (Wildman–Crippen LogP) is 5.45. The zero-order valence-electron chi connectivity index (χ0n) is 19.2. The highest BCUT2D eigenvalue weighted by molar-refractivity contribution is 6.07. The molecule has 0 atom stereocenters. The molecule has 3 aromatic rings. The lowest BCUT2D eigenvalue weighted by Crippen LogP contribution is -2.45. The molecule has 8 heteroatoms. The van der Waals surface area contributed by atoms with Gasteiger partial charge in [-0.05, 0) is 85.6 Å². The fraction of sp³-hybridized carbons (Fsp3) is 0.296. The molecule has 0 aromatic heterocycles. The summed E-state index contributed by atoms with van der Waals surface area (Å²) in [6, 6.07) is 12.7. The molecule has 0 radical (unpaired) electrons.